The lowest BCUT2D eigenvalue weighted by Gasteiger charge is -2.12. The summed E-state index contributed by atoms with van der Waals surface area (Å²) in [7, 11) is 3.88. The van der Waals surface area contributed by atoms with E-state index in [4.69, 9.17) is 26.2 Å². The molecule has 5 rings (SSSR count). The van der Waals surface area contributed by atoms with Crippen LogP contribution in [0.25, 0.3) is 27.4 Å². The van der Waals surface area contributed by atoms with Crippen molar-refractivity contribution in [3.8, 4) is 22.8 Å². The minimum Gasteiger partial charge on any atom is -0.484 e. The second-order valence-electron chi connectivity index (χ2n) is 8.85. The molecule has 0 radical (unpaired) electrons. The minimum atomic E-state index is -0.250. The van der Waals surface area contributed by atoms with Crippen LogP contribution in [0, 0.1) is 5.92 Å². The maximum absolute atomic E-state index is 12.1. The van der Waals surface area contributed by atoms with Crippen molar-refractivity contribution in [2.75, 3.05) is 39.1 Å². The van der Waals surface area contributed by atoms with Gasteiger partial charge in [-0.2, -0.15) is 5.10 Å². The molecular formula is C24H27ClN8O5S. The van der Waals surface area contributed by atoms with Crippen molar-refractivity contribution >= 4 is 56.7 Å². The van der Waals surface area contributed by atoms with E-state index in [1.807, 2.05) is 29.6 Å². The normalized spacial score (nSPS) is 12.6. The number of imidazole rings is 1. The van der Waals surface area contributed by atoms with Crippen molar-refractivity contribution in [1.29, 1.82) is 0 Å². The van der Waals surface area contributed by atoms with Gasteiger partial charge in [-0.15, -0.1) is 0 Å². The zero-order valence-corrected chi connectivity index (χ0v) is 22.8. The molecule has 15 heteroatoms. The highest BCUT2D eigenvalue weighted by Crippen LogP contribution is 2.36. The third kappa shape index (κ3) is 7.10. The Kier molecular flexibility index (Phi) is 9.11. The second kappa shape index (κ2) is 12.7. The first-order chi connectivity index (χ1) is 18.8. The molecule has 3 aromatic heterocycles. The summed E-state index contributed by atoms with van der Waals surface area (Å²) >= 11 is 7.94. The van der Waals surface area contributed by atoms with Gasteiger partial charge in [0.2, 0.25) is 5.91 Å². The molecule has 13 nitrogen and oxygen atoms in total. The molecule has 0 unspecified atom stereocenters. The van der Waals surface area contributed by atoms with Gasteiger partial charge in [0.25, 0.3) is 12.4 Å². The standard InChI is InChI=1S/C23H25ClN8O3S.CH2O2/c1-31(2)8-7-26-18(33)11-35-14-5-6-15(16(24)9-14)17-10-25-12-32(17)21-19-20(29-30-21)27-23(36-19)28-22(34)13-3-4-13;2-1-3/h5-6,9-10,12-13H,3-4,7-8,11H2,1-2H3,(H,26,33)(H2,27,28,29,30,34);1H,(H,2,3). The minimum absolute atomic E-state index is 0.00404. The number of rotatable bonds is 10. The number of halogens is 1. The number of nitrogens with zero attached hydrogens (tertiary/aromatic N) is 5. The first kappa shape index (κ1) is 28.0. The van der Waals surface area contributed by atoms with Crippen LogP contribution in [0.2, 0.25) is 5.02 Å². The molecule has 1 fully saturated rings. The van der Waals surface area contributed by atoms with Crippen molar-refractivity contribution in [2.45, 2.75) is 12.8 Å². The number of fused-ring (bicyclic) bond motifs is 1. The van der Waals surface area contributed by atoms with E-state index in [1.165, 1.54) is 11.3 Å². The molecule has 1 aliphatic rings. The SMILES string of the molecule is CN(C)CCNC(=O)COc1ccc(-c2cncn2-c2n[nH]c3nc(NC(=O)C4CC4)sc23)c(Cl)c1.O=CO. The maximum atomic E-state index is 12.1. The first-order valence-corrected chi connectivity index (χ1v) is 13.1. The van der Waals surface area contributed by atoms with Gasteiger partial charge in [0.05, 0.1) is 16.9 Å². The maximum Gasteiger partial charge on any atom is 0.290 e. The van der Waals surface area contributed by atoms with Crippen molar-refractivity contribution < 1.29 is 24.2 Å². The van der Waals surface area contributed by atoms with Crippen LogP contribution in [0.1, 0.15) is 12.8 Å². The Balaban J connectivity index is 0.00000112. The van der Waals surface area contributed by atoms with Gasteiger partial charge in [-0.3, -0.25) is 24.0 Å². The van der Waals surface area contributed by atoms with Crippen LogP contribution < -0.4 is 15.4 Å². The van der Waals surface area contributed by atoms with E-state index in [0.29, 0.717) is 33.9 Å². The van der Waals surface area contributed by atoms with Crippen molar-refractivity contribution in [2.24, 2.45) is 5.92 Å². The van der Waals surface area contributed by atoms with Crippen molar-refractivity contribution in [3.05, 3.63) is 35.7 Å². The number of thiazole rings is 1. The van der Waals surface area contributed by atoms with Gasteiger partial charge < -0.3 is 25.4 Å². The van der Waals surface area contributed by atoms with Gasteiger partial charge in [0.15, 0.2) is 23.2 Å². The molecule has 2 amide bonds. The summed E-state index contributed by atoms with van der Waals surface area (Å²) in [6.07, 6.45) is 5.19. The number of carbonyl (C=O) groups is 3. The molecular weight excluding hydrogens is 548 g/mol. The molecule has 39 heavy (non-hydrogen) atoms. The number of amides is 2. The third-order valence-electron chi connectivity index (χ3n) is 5.61. The number of H-pyrrole nitrogens is 1. The van der Waals surface area contributed by atoms with Crippen LogP contribution in [-0.4, -0.2) is 86.8 Å². The number of aromatic nitrogens is 5. The topological polar surface area (TPSA) is 167 Å². The predicted molar refractivity (Wildman–Crippen MR) is 146 cm³/mol. The van der Waals surface area contributed by atoms with Crippen LogP contribution in [0.4, 0.5) is 5.13 Å². The number of likely N-dealkylation sites (N-methyl/N-ethyl adjacent to an activating group) is 1. The number of anilines is 1. The highest BCUT2D eigenvalue weighted by atomic mass is 35.5. The predicted octanol–water partition coefficient (Wildman–Crippen LogP) is 2.63. The molecule has 0 aliphatic heterocycles. The number of ether oxygens (including phenoxy) is 1. The van der Waals surface area contributed by atoms with Crippen LogP contribution >= 0.6 is 22.9 Å². The molecule has 206 valence electrons. The zero-order chi connectivity index (χ0) is 27.9. The Morgan fingerprint density at radius 2 is 2.13 bits per heavy atom. The Morgan fingerprint density at radius 1 is 1.36 bits per heavy atom. The first-order valence-electron chi connectivity index (χ1n) is 11.9. The van der Waals surface area contributed by atoms with E-state index >= 15 is 0 Å². The van der Waals surface area contributed by atoms with E-state index in [9.17, 15) is 9.59 Å². The highest BCUT2D eigenvalue weighted by molar-refractivity contribution is 7.22. The fraction of sp³-hybridized carbons (Fsp3) is 0.333. The van der Waals surface area contributed by atoms with Crippen molar-refractivity contribution in [1.82, 2.24) is 34.9 Å². The van der Waals surface area contributed by atoms with Gasteiger partial charge in [-0.25, -0.2) is 9.97 Å². The molecule has 0 atom stereocenters. The van der Waals surface area contributed by atoms with E-state index in [0.717, 1.165) is 35.3 Å². The molecule has 1 aromatic carbocycles. The number of nitrogens with one attached hydrogen (secondary N) is 3. The number of carboxylic acid groups (broad SMARTS) is 1. The van der Waals surface area contributed by atoms with Crippen LogP contribution in [0.3, 0.4) is 0 Å². The van der Waals surface area contributed by atoms with E-state index < -0.39 is 0 Å². The fourth-order valence-electron chi connectivity index (χ4n) is 3.55. The van der Waals surface area contributed by atoms with Gasteiger partial charge in [0.1, 0.15) is 16.8 Å². The summed E-state index contributed by atoms with van der Waals surface area (Å²) in [5, 5.41) is 20.9. The van der Waals surface area contributed by atoms with E-state index in [2.05, 4.69) is 30.8 Å². The largest absolute Gasteiger partial charge is 0.484 e. The average molecular weight is 575 g/mol. The van der Waals surface area contributed by atoms with Gasteiger partial charge in [-0.05, 0) is 45.1 Å². The van der Waals surface area contributed by atoms with Crippen molar-refractivity contribution in [3.63, 3.8) is 0 Å². The van der Waals surface area contributed by atoms with Gasteiger partial charge >= 0.3 is 0 Å². The molecule has 0 saturated heterocycles. The second-order valence-corrected chi connectivity index (χ2v) is 10.3. The molecule has 0 bridgehead atoms. The van der Waals surface area contributed by atoms with Crippen LogP contribution in [0.15, 0.2) is 30.7 Å². The van der Waals surface area contributed by atoms with Gasteiger partial charge in [0, 0.05) is 24.6 Å². The quantitative estimate of drug-likeness (QED) is 0.208. The molecule has 4 N–H and O–H groups in total. The molecule has 3 heterocycles. The summed E-state index contributed by atoms with van der Waals surface area (Å²) in [4.78, 5) is 43.2. The molecule has 1 aliphatic carbocycles. The number of benzene rings is 1. The zero-order valence-electron chi connectivity index (χ0n) is 21.2. The number of carbonyl (C=O) groups excluding carboxylic acids is 2. The van der Waals surface area contributed by atoms with E-state index in [1.54, 1.807) is 24.7 Å². The smallest absolute Gasteiger partial charge is 0.290 e. The summed E-state index contributed by atoms with van der Waals surface area (Å²) in [6, 6.07) is 5.23. The Labute approximate surface area is 232 Å². The lowest BCUT2D eigenvalue weighted by Crippen LogP contribution is -2.34. The Morgan fingerprint density at radius 3 is 2.82 bits per heavy atom. The lowest BCUT2D eigenvalue weighted by atomic mass is 10.1. The summed E-state index contributed by atoms with van der Waals surface area (Å²) in [6.45, 7) is 0.949. The Bertz CT molecular complexity index is 1460. The molecule has 1 saturated carbocycles. The Hall–Kier alpha value is -4.01. The third-order valence-corrected chi connectivity index (χ3v) is 6.89. The lowest BCUT2D eigenvalue weighted by molar-refractivity contribution is -0.123. The van der Waals surface area contributed by atoms with Gasteiger partial charge in [-0.1, -0.05) is 22.9 Å². The average Bonchev–Trinajstić information content (AvgIpc) is 3.33. The van der Waals surface area contributed by atoms with Crippen LogP contribution in [-0.2, 0) is 14.4 Å². The number of hydrogen-bond acceptors (Lipinski definition) is 9. The fourth-order valence-corrected chi connectivity index (χ4v) is 4.72. The molecule has 4 aromatic rings. The highest BCUT2D eigenvalue weighted by Gasteiger charge is 2.30. The number of aromatic amines is 1. The summed E-state index contributed by atoms with van der Waals surface area (Å²) in [5.41, 5.74) is 2.03. The van der Waals surface area contributed by atoms with E-state index in [-0.39, 0.29) is 30.8 Å². The summed E-state index contributed by atoms with van der Waals surface area (Å²) in [5.74, 6) is 0.988. The molecule has 0 spiro atoms. The van der Waals surface area contributed by atoms with Crippen LogP contribution in [0.5, 0.6) is 5.75 Å². The monoisotopic (exact) mass is 574 g/mol. The summed E-state index contributed by atoms with van der Waals surface area (Å²) < 4.78 is 8.20. The number of hydrogen-bond donors (Lipinski definition) is 4.